The van der Waals surface area contributed by atoms with Crippen LogP contribution in [0.2, 0.25) is 5.02 Å². The Hall–Kier alpha value is -2.16. The first-order valence-corrected chi connectivity index (χ1v) is 9.98. The SMILES string of the molecule is CN(C)CCNC(=O)CN(c1ccc(F)c(Cl)c1)S(=O)(=O)c1ccccc1. The van der Waals surface area contributed by atoms with Gasteiger partial charge in [0.2, 0.25) is 5.91 Å². The van der Waals surface area contributed by atoms with Crippen LogP contribution in [0.15, 0.2) is 53.4 Å². The third-order valence-corrected chi connectivity index (χ3v) is 5.77. The van der Waals surface area contributed by atoms with E-state index in [1.54, 1.807) is 18.2 Å². The lowest BCUT2D eigenvalue weighted by Crippen LogP contribution is -2.42. The molecule has 0 fully saturated rings. The molecule has 2 rings (SSSR count). The molecule has 146 valence electrons. The zero-order chi connectivity index (χ0) is 20.0. The first-order valence-electron chi connectivity index (χ1n) is 8.16. The zero-order valence-electron chi connectivity index (χ0n) is 15.0. The van der Waals surface area contributed by atoms with E-state index in [1.807, 2.05) is 19.0 Å². The smallest absolute Gasteiger partial charge is 0.264 e. The van der Waals surface area contributed by atoms with Gasteiger partial charge in [-0.25, -0.2) is 12.8 Å². The molecule has 0 radical (unpaired) electrons. The van der Waals surface area contributed by atoms with Crippen LogP contribution in [0.4, 0.5) is 10.1 Å². The number of hydrogen-bond donors (Lipinski definition) is 1. The van der Waals surface area contributed by atoms with E-state index >= 15 is 0 Å². The second kappa shape index (κ2) is 9.16. The maximum Gasteiger partial charge on any atom is 0.264 e. The third-order valence-electron chi connectivity index (χ3n) is 3.69. The van der Waals surface area contributed by atoms with Crippen molar-refractivity contribution in [2.24, 2.45) is 0 Å². The lowest BCUT2D eigenvalue weighted by Gasteiger charge is -2.24. The highest BCUT2D eigenvalue weighted by atomic mass is 35.5. The molecular formula is C18H21ClFN3O3S. The van der Waals surface area contributed by atoms with Gasteiger partial charge in [0.15, 0.2) is 0 Å². The van der Waals surface area contributed by atoms with Crippen molar-refractivity contribution in [1.82, 2.24) is 10.2 Å². The quantitative estimate of drug-likeness (QED) is 0.721. The number of carbonyl (C=O) groups is 1. The van der Waals surface area contributed by atoms with Gasteiger partial charge in [0.25, 0.3) is 10.0 Å². The van der Waals surface area contributed by atoms with Crippen molar-refractivity contribution >= 4 is 33.2 Å². The fourth-order valence-corrected chi connectivity index (χ4v) is 3.89. The fraction of sp³-hybridized carbons (Fsp3) is 0.278. The summed E-state index contributed by atoms with van der Waals surface area (Å²) in [6, 6.07) is 11.2. The topological polar surface area (TPSA) is 69.7 Å². The molecule has 0 unspecified atom stereocenters. The number of nitrogens with one attached hydrogen (secondary N) is 1. The average Bonchev–Trinajstić information content (AvgIpc) is 2.62. The normalized spacial score (nSPS) is 11.4. The first-order chi connectivity index (χ1) is 12.7. The van der Waals surface area contributed by atoms with Crippen molar-refractivity contribution in [2.45, 2.75) is 4.90 Å². The van der Waals surface area contributed by atoms with Crippen molar-refractivity contribution in [2.75, 3.05) is 38.0 Å². The maximum absolute atomic E-state index is 13.5. The number of halogens is 2. The molecule has 9 heteroatoms. The van der Waals surface area contributed by atoms with Gasteiger partial charge < -0.3 is 10.2 Å². The molecule has 0 atom stereocenters. The Labute approximate surface area is 163 Å². The van der Waals surface area contributed by atoms with Crippen LogP contribution in [0, 0.1) is 5.82 Å². The highest BCUT2D eigenvalue weighted by Crippen LogP contribution is 2.27. The van der Waals surface area contributed by atoms with E-state index in [0.717, 1.165) is 10.4 Å². The Morgan fingerprint density at radius 2 is 1.81 bits per heavy atom. The van der Waals surface area contributed by atoms with Crippen LogP contribution in [0.25, 0.3) is 0 Å². The molecular weight excluding hydrogens is 393 g/mol. The third kappa shape index (κ3) is 5.66. The number of anilines is 1. The van der Waals surface area contributed by atoms with Crippen LogP contribution in [0.5, 0.6) is 0 Å². The number of amides is 1. The van der Waals surface area contributed by atoms with E-state index in [4.69, 9.17) is 11.6 Å². The van der Waals surface area contributed by atoms with Crippen LogP contribution in [0.1, 0.15) is 0 Å². The lowest BCUT2D eigenvalue weighted by molar-refractivity contribution is -0.119. The van der Waals surface area contributed by atoms with E-state index in [1.165, 1.54) is 24.3 Å². The number of hydrogen-bond acceptors (Lipinski definition) is 4. The van der Waals surface area contributed by atoms with Gasteiger partial charge in [0.05, 0.1) is 15.6 Å². The second-order valence-corrected chi connectivity index (χ2v) is 8.35. The summed E-state index contributed by atoms with van der Waals surface area (Å²) in [5, 5.41) is 2.44. The molecule has 27 heavy (non-hydrogen) atoms. The van der Waals surface area contributed by atoms with E-state index in [2.05, 4.69) is 5.32 Å². The van der Waals surface area contributed by atoms with Gasteiger partial charge >= 0.3 is 0 Å². The van der Waals surface area contributed by atoms with Crippen LogP contribution < -0.4 is 9.62 Å². The first kappa shape index (κ1) is 21.1. The molecule has 0 aliphatic heterocycles. The number of carbonyl (C=O) groups excluding carboxylic acids is 1. The minimum Gasteiger partial charge on any atom is -0.353 e. The molecule has 6 nitrogen and oxygen atoms in total. The molecule has 2 aromatic carbocycles. The molecule has 0 aliphatic carbocycles. The predicted octanol–water partition coefficient (Wildman–Crippen LogP) is 2.35. The maximum atomic E-state index is 13.5. The molecule has 1 amide bonds. The van der Waals surface area contributed by atoms with Gasteiger partial charge in [-0.05, 0) is 44.4 Å². The molecule has 0 saturated carbocycles. The standard InChI is InChI=1S/C18H21ClFN3O3S/c1-22(2)11-10-21-18(24)13-23(14-8-9-17(20)16(19)12-14)27(25,26)15-6-4-3-5-7-15/h3-9,12H,10-11,13H2,1-2H3,(H,21,24). The zero-order valence-corrected chi connectivity index (χ0v) is 16.6. The molecule has 0 spiro atoms. The number of likely N-dealkylation sites (N-methyl/N-ethyl adjacent to an activating group) is 1. The molecule has 0 saturated heterocycles. The van der Waals surface area contributed by atoms with Gasteiger partial charge in [0, 0.05) is 13.1 Å². The van der Waals surface area contributed by atoms with Crippen molar-refractivity contribution in [1.29, 1.82) is 0 Å². The molecule has 0 aromatic heterocycles. The van der Waals surface area contributed by atoms with Crippen LogP contribution >= 0.6 is 11.6 Å². The van der Waals surface area contributed by atoms with E-state index in [9.17, 15) is 17.6 Å². The highest BCUT2D eigenvalue weighted by Gasteiger charge is 2.27. The Bertz CT molecular complexity index is 892. The second-order valence-electron chi connectivity index (χ2n) is 6.08. The van der Waals surface area contributed by atoms with Gasteiger partial charge in [-0.1, -0.05) is 29.8 Å². The Kier molecular flexibility index (Phi) is 7.18. The van der Waals surface area contributed by atoms with Gasteiger partial charge in [-0.2, -0.15) is 0 Å². The summed E-state index contributed by atoms with van der Waals surface area (Å²) in [6.07, 6.45) is 0. The predicted molar refractivity (Wildman–Crippen MR) is 104 cm³/mol. The molecule has 0 bridgehead atoms. The van der Waals surface area contributed by atoms with Crippen LogP contribution in [0.3, 0.4) is 0 Å². The number of nitrogens with zero attached hydrogens (tertiary/aromatic N) is 2. The van der Waals surface area contributed by atoms with Gasteiger partial charge in [-0.3, -0.25) is 9.10 Å². The fourth-order valence-electron chi connectivity index (χ4n) is 2.28. The Morgan fingerprint density at radius 1 is 1.15 bits per heavy atom. The van der Waals surface area contributed by atoms with Gasteiger partial charge in [0.1, 0.15) is 12.4 Å². The largest absolute Gasteiger partial charge is 0.353 e. The summed E-state index contributed by atoms with van der Waals surface area (Å²) < 4.78 is 40.5. The summed E-state index contributed by atoms with van der Waals surface area (Å²) in [5.74, 6) is -1.15. The molecule has 0 aliphatic rings. The van der Waals surface area contributed by atoms with E-state index in [0.29, 0.717) is 13.1 Å². The van der Waals surface area contributed by atoms with Gasteiger partial charge in [-0.15, -0.1) is 0 Å². The Balaban J connectivity index is 2.34. The number of sulfonamides is 1. The summed E-state index contributed by atoms with van der Waals surface area (Å²) in [7, 11) is -0.319. The summed E-state index contributed by atoms with van der Waals surface area (Å²) in [5.41, 5.74) is 0.105. The minimum absolute atomic E-state index is 0.0199. The molecule has 2 aromatic rings. The van der Waals surface area contributed by atoms with Crippen molar-refractivity contribution in [3.05, 3.63) is 59.4 Å². The minimum atomic E-state index is -4.04. The lowest BCUT2D eigenvalue weighted by atomic mass is 10.3. The Morgan fingerprint density at radius 3 is 2.41 bits per heavy atom. The number of rotatable bonds is 8. The highest BCUT2D eigenvalue weighted by molar-refractivity contribution is 7.92. The van der Waals surface area contributed by atoms with E-state index in [-0.39, 0.29) is 15.6 Å². The molecule has 1 N–H and O–H groups in total. The van der Waals surface area contributed by atoms with E-state index < -0.39 is 28.3 Å². The van der Waals surface area contributed by atoms with Crippen molar-refractivity contribution in [3.63, 3.8) is 0 Å². The summed E-state index contributed by atoms with van der Waals surface area (Å²) in [4.78, 5) is 14.2. The summed E-state index contributed by atoms with van der Waals surface area (Å²) >= 11 is 5.81. The average molecular weight is 414 g/mol. The van der Waals surface area contributed by atoms with Crippen molar-refractivity contribution < 1.29 is 17.6 Å². The van der Waals surface area contributed by atoms with Crippen molar-refractivity contribution in [3.8, 4) is 0 Å². The van der Waals surface area contributed by atoms with Crippen LogP contribution in [-0.4, -0.2) is 53.0 Å². The monoisotopic (exact) mass is 413 g/mol. The van der Waals surface area contributed by atoms with Crippen LogP contribution in [-0.2, 0) is 14.8 Å². The number of benzene rings is 2. The molecule has 0 heterocycles. The summed E-state index contributed by atoms with van der Waals surface area (Å²) in [6.45, 7) is 0.529.